The van der Waals surface area contributed by atoms with Crippen LogP contribution in [0.25, 0.3) is 0 Å². The van der Waals surface area contributed by atoms with Crippen molar-refractivity contribution in [3.8, 4) is 0 Å². The molecule has 1 N–H and O–H groups in total. The average Bonchev–Trinajstić information content (AvgIpc) is 2.82. The van der Waals surface area contributed by atoms with Gasteiger partial charge in [0.1, 0.15) is 0 Å². The zero-order valence-corrected chi connectivity index (χ0v) is 14.6. The number of amides is 3. The van der Waals surface area contributed by atoms with Gasteiger partial charge in [0, 0.05) is 13.6 Å². The summed E-state index contributed by atoms with van der Waals surface area (Å²) < 4.78 is 0. The first-order chi connectivity index (χ1) is 11.3. The molecule has 0 aromatic heterocycles. The van der Waals surface area contributed by atoms with E-state index in [0.29, 0.717) is 18.7 Å². The van der Waals surface area contributed by atoms with Gasteiger partial charge in [0.2, 0.25) is 0 Å². The molecule has 3 rings (SSSR count). The zero-order chi connectivity index (χ0) is 17.6. The Kier molecular flexibility index (Phi) is 3.95. The van der Waals surface area contributed by atoms with Gasteiger partial charge in [-0.2, -0.15) is 0 Å². The Balaban J connectivity index is 2.15. The first-order valence-electron chi connectivity index (χ1n) is 8.10. The van der Waals surface area contributed by atoms with Gasteiger partial charge in [0.05, 0.1) is 23.9 Å². The SMILES string of the molecule is C=CCN1C(=O)NC(c2cc(C)c(C)cc2C)C2=C1CN(C)C2=O. The Morgan fingerprint density at radius 1 is 1.21 bits per heavy atom. The molecule has 0 saturated heterocycles. The van der Waals surface area contributed by atoms with Crippen molar-refractivity contribution in [3.05, 3.63) is 58.3 Å². The lowest BCUT2D eigenvalue weighted by molar-refractivity contribution is -0.124. The molecule has 2 heterocycles. The zero-order valence-electron chi connectivity index (χ0n) is 14.6. The van der Waals surface area contributed by atoms with Crippen LogP contribution in [0.5, 0.6) is 0 Å². The van der Waals surface area contributed by atoms with Crippen LogP contribution in [-0.2, 0) is 4.79 Å². The molecule has 126 valence electrons. The quantitative estimate of drug-likeness (QED) is 0.869. The maximum absolute atomic E-state index is 12.7. The molecule has 24 heavy (non-hydrogen) atoms. The van der Waals surface area contributed by atoms with E-state index in [2.05, 4.69) is 31.0 Å². The molecule has 5 nitrogen and oxygen atoms in total. The lowest BCUT2D eigenvalue weighted by Gasteiger charge is -2.33. The first-order valence-corrected chi connectivity index (χ1v) is 8.10. The second-order valence-electron chi connectivity index (χ2n) is 6.60. The number of aryl methyl sites for hydroxylation is 3. The van der Waals surface area contributed by atoms with Crippen LogP contribution in [0.15, 0.2) is 36.1 Å². The topological polar surface area (TPSA) is 52.7 Å². The van der Waals surface area contributed by atoms with Gasteiger partial charge in [-0.15, -0.1) is 6.58 Å². The summed E-state index contributed by atoms with van der Waals surface area (Å²) in [6, 6.07) is 3.61. The molecule has 0 radical (unpaired) electrons. The van der Waals surface area contributed by atoms with Crippen molar-refractivity contribution < 1.29 is 9.59 Å². The highest BCUT2D eigenvalue weighted by Gasteiger charge is 2.42. The lowest BCUT2D eigenvalue weighted by atomic mass is 9.90. The molecule has 1 atom stereocenters. The van der Waals surface area contributed by atoms with Gasteiger partial charge >= 0.3 is 6.03 Å². The second kappa shape index (κ2) is 5.82. The fourth-order valence-corrected chi connectivity index (χ4v) is 3.48. The van der Waals surface area contributed by atoms with E-state index < -0.39 is 6.04 Å². The maximum atomic E-state index is 12.7. The van der Waals surface area contributed by atoms with Crippen molar-refractivity contribution in [1.29, 1.82) is 0 Å². The number of hydrogen-bond acceptors (Lipinski definition) is 2. The van der Waals surface area contributed by atoms with Crippen LogP contribution in [0.4, 0.5) is 4.79 Å². The Labute approximate surface area is 142 Å². The molecule has 0 saturated carbocycles. The molecule has 1 aromatic rings. The minimum absolute atomic E-state index is 0.0262. The normalized spacial score (nSPS) is 20.4. The third-order valence-electron chi connectivity index (χ3n) is 4.91. The van der Waals surface area contributed by atoms with Gasteiger partial charge < -0.3 is 10.2 Å². The summed E-state index contributed by atoms with van der Waals surface area (Å²) in [4.78, 5) is 28.6. The number of carbonyl (C=O) groups excluding carboxylic acids is 2. The van der Waals surface area contributed by atoms with Crippen LogP contribution in [0.3, 0.4) is 0 Å². The van der Waals surface area contributed by atoms with Crippen molar-refractivity contribution in [2.24, 2.45) is 0 Å². The van der Waals surface area contributed by atoms with E-state index in [0.717, 1.165) is 22.4 Å². The van der Waals surface area contributed by atoms with Gasteiger partial charge in [0.25, 0.3) is 5.91 Å². The van der Waals surface area contributed by atoms with E-state index in [1.807, 2.05) is 13.8 Å². The predicted molar refractivity (Wildman–Crippen MR) is 93.5 cm³/mol. The van der Waals surface area contributed by atoms with Crippen molar-refractivity contribution in [3.63, 3.8) is 0 Å². The average molecular weight is 325 g/mol. The third-order valence-corrected chi connectivity index (χ3v) is 4.91. The summed E-state index contributed by atoms with van der Waals surface area (Å²) in [6.45, 7) is 10.7. The number of rotatable bonds is 3. The summed E-state index contributed by atoms with van der Waals surface area (Å²) in [5.41, 5.74) is 5.88. The summed E-state index contributed by atoms with van der Waals surface area (Å²) in [5.74, 6) is -0.0262. The molecule has 1 unspecified atom stereocenters. The fourth-order valence-electron chi connectivity index (χ4n) is 3.48. The number of benzene rings is 1. The van der Waals surface area contributed by atoms with E-state index in [-0.39, 0.29) is 11.9 Å². The van der Waals surface area contributed by atoms with Crippen molar-refractivity contribution >= 4 is 11.9 Å². The van der Waals surface area contributed by atoms with Crippen LogP contribution in [0.2, 0.25) is 0 Å². The molecule has 0 fully saturated rings. The molecule has 3 amide bonds. The number of nitrogens with one attached hydrogen (secondary N) is 1. The second-order valence-corrected chi connectivity index (χ2v) is 6.60. The number of hydrogen-bond donors (Lipinski definition) is 1. The highest BCUT2D eigenvalue weighted by atomic mass is 16.2. The van der Waals surface area contributed by atoms with Crippen molar-refractivity contribution in [2.75, 3.05) is 20.1 Å². The van der Waals surface area contributed by atoms with Crippen LogP contribution in [0, 0.1) is 20.8 Å². The Hall–Kier alpha value is -2.56. The van der Waals surface area contributed by atoms with E-state index >= 15 is 0 Å². The summed E-state index contributed by atoms with van der Waals surface area (Å²) >= 11 is 0. The van der Waals surface area contributed by atoms with Crippen molar-refractivity contribution in [2.45, 2.75) is 26.8 Å². The molecule has 1 aromatic carbocycles. The van der Waals surface area contributed by atoms with Crippen LogP contribution >= 0.6 is 0 Å². The monoisotopic (exact) mass is 325 g/mol. The number of likely N-dealkylation sites (N-methyl/N-ethyl adjacent to an activating group) is 1. The standard InChI is InChI=1S/C19H23N3O2/c1-6-7-22-15-10-21(5)18(23)16(15)17(20-19(22)24)14-9-12(3)11(2)8-13(14)4/h6,8-9,17H,1,7,10H2,2-5H3,(H,20,24). The number of urea groups is 1. The largest absolute Gasteiger partial charge is 0.336 e. The van der Waals surface area contributed by atoms with Crippen LogP contribution < -0.4 is 5.32 Å². The molecular weight excluding hydrogens is 302 g/mol. The molecule has 2 aliphatic heterocycles. The summed E-state index contributed by atoms with van der Waals surface area (Å²) in [7, 11) is 1.77. The minimum Gasteiger partial charge on any atom is -0.336 e. The smallest absolute Gasteiger partial charge is 0.322 e. The Morgan fingerprint density at radius 3 is 2.54 bits per heavy atom. The molecule has 5 heteroatoms. The summed E-state index contributed by atoms with van der Waals surface area (Å²) in [5, 5.41) is 3.01. The number of carbonyl (C=O) groups is 2. The molecule has 0 bridgehead atoms. The Bertz CT molecular complexity index is 779. The summed E-state index contributed by atoms with van der Waals surface area (Å²) in [6.07, 6.45) is 1.68. The molecule has 2 aliphatic rings. The highest BCUT2D eigenvalue weighted by Crippen LogP contribution is 2.37. The van der Waals surface area contributed by atoms with Crippen LogP contribution in [0.1, 0.15) is 28.3 Å². The van der Waals surface area contributed by atoms with E-state index in [1.54, 1.807) is 22.9 Å². The van der Waals surface area contributed by atoms with Gasteiger partial charge in [-0.1, -0.05) is 18.2 Å². The van der Waals surface area contributed by atoms with Crippen LogP contribution in [-0.4, -0.2) is 41.9 Å². The third kappa shape index (κ3) is 2.40. The van der Waals surface area contributed by atoms with E-state index in [4.69, 9.17) is 0 Å². The molecule has 0 aliphatic carbocycles. The van der Waals surface area contributed by atoms with Crippen molar-refractivity contribution in [1.82, 2.24) is 15.1 Å². The van der Waals surface area contributed by atoms with E-state index in [1.165, 1.54) is 5.56 Å². The lowest BCUT2D eigenvalue weighted by Crippen LogP contribution is -2.47. The number of nitrogens with zero attached hydrogens (tertiary/aromatic N) is 2. The van der Waals surface area contributed by atoms with Gasteiger partial charge in [-0.05, 0) is 43.0 Å². The van der Waals surface area contributed by atoms with Gasteiger partial charge in [0.15, 0.2) is 0 Å². The van der Waals surface area contributed by atoms with Gasteiger partial charge in [-0.25, -0.2) is 4.79 Å². The van der Waals surface area contributed by atoms with E-state index in [9.17, 15) is 9.59 Å². The minimum atomic E-state index is -0.398. The van der Waals surface area contributed by atoms with Gasteiger partial charge in [-0.3, -0.25) is 9.69 Å². The molecule has 0 spiro atoms. The first kappa shape index (κ1) is 16.3. The Morgan fingerprint density at radius 2 is 1.88 bits per heavy atom. The predicted octanol–water partition coefficient (Wildman–Crippen LogP) is 2.59. The highest BCUT2D eigenvalue weighted by molar-refractivity contribution is 6.01. The maximum Gasteiger partial charge on any atom is 0.322 e. The fraction of sp³-hybridized carbons (Fsp3) is 0.368. The molecular formula is C19H23N3O2.